The Bertz CT molecular complexity index is 511. The number of hydrogen-bond acceptors (Lipinski definition) is 4. The predicted molar refractivity (Wildman–Crippen MR) is 79.9 cm³/mol. The number of carbonyl (C=O) groups excluding carboxylic acids is 1. The smallest absolute Gasteiger partial charge is 0.234 e. The lowest BCUT2D eigenvalue weighted by atomic mass is 9.84. The number of nitrogens with one attached hydrogen (secondary N) is 1. The summed E-state index contributed by atoms with van der Waals surface area (Å²) >= 11 is 1.69. The Hall–Kier alpha value is -1.56. The Morgan fingerprint density at radius 1 is 1.50 bits per heavy atom. The van der Waals surface area contributed by atoms with Crippen molar-refractivity contribution in [2.45, 2.75) is 46.1 Å². The summed E-state index contributed by atoms with van der Waals surface area (Å²) in [4.78, 5) is 14.8. The molecule has 6 heteroatoms. The highest BCUT2D eigenvalue weighted by Gasteiger charge is 2.45. The summed E-state index contributed by atoms with van der Waals surface area (Å²) < 4.78 is 0. The molecule has 1 aromatic heterocycles. The van der Waals surface area contributed by atoms with Gasteiger partial charge in [-0.25, -0.2) is 0 Å². The zero-order chi connectivity index (χ0) is 14.8. The van der Waals surface area contributed by atoms with Gasteiger partial charge in [0.25, 0.3) is 0 Å². The molecule has 0 atom stereocenters. The van der Waals surface area contributed by atoms with Crippen LogP contribution in [-0.2, 0) is 11.3 Å². The first-order valence-electron chi connectivity index (χ1n) is 6.82. The summed E-state index contributed by atoms with van der Waals surface area (Å²) in [5, 5.41) is 14.9. The van der Waals surface area contributed by atoms with E-state index >= 15 is 0 Å². The first-order chi connectivity index (χ1) is 9.49. The second-order valence-corrected chi connectivity index (χ2v) is 6.75. The molecule has 1 aliphatic carbocycles. The number of carbonyl (C=O) groups is 1. The maximum absolute atomic E-state index is 12.5. The summed E-state index contributed by atoms with van der Waals surface area (Å²) in [6.45, 7) is 4.63. The van der Waals surface area contributed by atoms with Crippen LogP contribution in [0.25, 0.3) is 0 Å². The zero-order valence-corrected chi connectivity index (χ0v) is 12.7. The van der Waals surface area contributed by atoms with Crippen LogP contribution in [0.15, 0.2) is 11.2 Å². The molecule has 0 aliphatic heterocycles. The molecule has 0 saturated heterocycles. The Kier molecular flexibility index (Phi) is 4.32. The fourth-order valence-electron chi connectivity index (χ4n) is 2.75. The number of oxime groups is 1. The van der Waals surface area contributed by atoms with Gasteiger partial charge in [0.05, 0.1) is 6.54 Å². The predicted octanol–water partition coefficient (Wildman–Crippen LogP) is 2.29. The van der Waals surface area contributed by atoms with E-state index in [1.54, 1.807) is 11.3 Å². The van der Waals surface area contributed by atoms with E-state index in [-0.39, 0.29) is 11.7 Å². The SMILES string of the molecule is Cc1cc(CNC(=O)C2(C(N)=NO)CCCC2)sc1C. The molecule has 0 unspecified atom stereocenters. The van der Waals surface area contributed by atoms with E-state index in [0.29, 0.717) is 19.4 Å². The van der Waals surface area contributed by atoms with Gasteiger partial charge in [0, 0.05) is 9.75 Å². The van der Waals surface area contributed by atoms with Gasteiger partial charge in [-0.3, -0.25) is 4.79 Å². The molecule has 0 bridgehead atoms. The summed E-state index contributed by atoms with van der Waals surface area (Å²) in [5.41, 5.74) is 6.17. The van der Waals surface area contributed by atoms with Gasteiger partial charge in [0.1, 0.15) is 5.41 Å². The van der Waals surface area contributed by atoms with Crippen LogP contribution in [0.3, 0.4) is 0 Å². The van der Waals surface area contributed by atoms with Crippen LogP contribution in [0.5, 0.6) is 0 Å². The average Bonchev–Trinajstić information content (AvgIpc) is 3.04. The highest BCUT2D eigenvalue weighted by atomic mass is 32.1. The van der Waals surface area contributed by atoms with Crippen molar-refractivity contribution in [3.8, 4) is 0 Å². The molecule has 0 radical (unpaired) electrons. The highest BCUT2D eigenvalue weighted by Crippen LogP contribution is 2.38. The Morgan fingerprint density at radius 2 is 2.15 bits per heavy atom. The van der Waals surface area contributed by atoms with Crippen LogP contribution in [0, 0.1) is 19.3 Å². The van der Waals surface area contributed by atoms with Crippen molar-refractivity contribution in [2.24, 2.45) is 16.3 Å². The highest BCUT2D eigenvalue weighted by molar-refractivity contribution is 7.12. The summed E-state index contributed by atoms with van der Waals surface area (Å²) in [6, 6.07) is 2.09. The molecule has 1 saturated carbocycles. The lowest BCUT2D eigenvalue weighted by Gasteiger charge is -2.25. The number of amides is 1. The van der Waals surface area contributed by atoms with Gasteiger partial charge in [-0.15, -0.1) is 11.3 Å². The van der Waals surface area contributed by atoms with Crippen LogP contribution < -0.4 is 11.1 Å². The molecule has 2 rings (SSSR count). The first-order valence-corrected chi connectivity index (χ1v) is 7.63. The normalized spacial score (nSPS) is 18.2. The van der Waals surface area contributed by atoms with E-state index in [4.69, 9.17) is 10.9 Å². The van der Waals surface area contributed by atoms with Gasteiger partial charge in [-0.1, -0.05) is 18.0 Å². The summed E-state index contributed by atoms with van der Waals surface area (Å²) in [5.74, 6) is -0.0972. The number of aryl methyl sites for hydroxylation is 2. The second-order valence-electron chi connectivity index (χ2n) is 5.41. The van der Waals surface area contributed by atoms with Crippen LogP contribution in [0.2, 0.25) is 0 Å². The number of amidine groups is 1. The third-order valence-electron chi connectivity index (χ3n) is 4.13. The van der Waals surface area contributed by atoms with Gasteiger partial charge in [0.15, 0.2) is 5.84 Å². The van der Waals surface area contributed by atoms with Gasteiger partial charge < -0.3 is 16.3 Å². The minimum absolute atomic E-state index is 0.0334. The van der Waals surface area contributed by atoms with Gasteiger partial charge >= 0.3 is 0 Å². The standard InChI is InChI=1S/C14H21N3O2S/c1-9-7-11(20-10(9)2)8-16-13(18)14(12(15)17-19)5-3-4-6-14/h7,19H,3-6,8H2,1-2H3,(H2,15,17)(H,16,18). The van der Waals surface area contributed by atoms with Gasteiger partial charge in [-0.05, 0) is 38.3 Å². The molecular formula is C14H21N3O2S. The van der Waals surface area contributed by atoms with Crippen molar-refractivity contribution >= 4 is 23.1 Å². The summed E-state index contributed by atoms with van der Waals surface area (Å²) in [6.07, 6.45) is 3.16. The molecule has 1 heterocycles. The Labute approximate surface area is 122 Å². The lowest BCUT2D eigenvalue weighted by molar-refractivity contribution is -0.127. The zero-order valence-electron chi connectivity index (χ0n) is 11.9. The Morgan fingerprint density at radius 3 is 2.65 bits per heavy atom. The third-order valence-corrected chi connectivity index (χ3v) is 5.28. The lowest BCUT2D eigenvalue weighted by Crippen LogP contribution is -2.47. The van der Waals surface area contributed by atoms with Crippen LogP contribution in [0.4, 0.5) is 0 Å². The van der Waals surface area contributed by atoms with Crippen molar-refractivity contribution in [2.75, 3.05) is 0 Å². The molecule has 1 fully saturated rings. The second kappa shape index (κ2) is 5.83. The quantitative estimate of drug-likeness (QED) is 0.345. The van der Waals surface area contributed by atoms with Gasteiger partial charge in [0.2, 0.25) is 5.91 Å². The van der Waals surface area contributed by atoms with E-state index in [0.717, 1.165) is 17.7 Å². The first kappa shape index (κ1) is 14.8. The number of nitrogens with two attached hydrogens (primary N) is 1. The molecule has 4 N–H and O–H groups in total. The number of rotatable bonds is 4. The monoisotopic (exact) mass is 295 g/mol. The maximum Gasteiger partial charge on any atom is 0.234 e. The largest absolute Gasteiger partial charge is 0.409 e. The van der Waals surface area contributed by atoms with Crippen molar-refractivity contribution in [1.82, 2.24) is 5.32 Å². The van der Waals surface area contributed by atoms with E-state index in [2.05, 4.69) is 30.4 Å². The molecule has 110 valence electrons. The molecule has 1 aliphatic rings. The topological polar surface area (TPSA) is 87.7 Å². The van der Waals surface area contributed by atoms with Crippen molar-refractivity contribution in [3.05, 3.63) is 21.4 Å². The van der Waals surface area contributed by atoms with E-state index in [9.17, 15) is 4.79 Å². The number of hydrogen-bond donors (Lipinski definition) is 3. The molecule has 0 aromatic carbocycles. The minimum atomic E-state index is -0.823. The van der Waals surface area contributed by atoms with Crippen molar-refractivity contribution in [3.63, 3.8) is 0 Å². The number of thiophene rings is 1. The maximum atomic E-state index is 12.5. The van der Waals surface area contributed by atoms with Crippen molar-refractivity contribution < 1.29 is 10.0 Å². The van der Waals surface area contributed by atoms with Crippen LogP contribution in [0.1, 0.15) is 41.0 Å². The molecule has 5 nitrogen and oxygen atoms in total. The van der Waals surface area contributed by atoms with E-state index in [1.165, 1.54) is 10.4 Å². The fraction of sp³-hybridized carbons (Fsp3) is 0.571. The molecule has 1 amide bonds. The third kappa shape index (κ3) is 2.65. The Balaban J connectivity index is 2.06. The molecule has 20 heavy (non-hydrogen) atoms. The van der Waals surface area contributed by atoms with E-state index in [1.807, 2.05) is 0 Å². The fourth-order valence-corrected chi connectivity index (χ4v) is 3.74. The number of nitrogens with zero attached hydrogens (tertiary/aromatic N) is 1. The van der Waals surface area contributed by atoms with E-state index < -0.39 is 5.41 Å². The molecular weight excluding hydrogens is 274 g/mol. The van der Waals surface area contributed by atoms with Gasteiger partial charge in [-0.2, -0.15) is 0 Å². The van der Waals surface area contributed by atoms with Crippen LogP contribution >= 0.6 is 11.3 Å². The average molecular weight is 295 g/mol. The van der Waals surface area contributed by atoms with Crippen LogP contribution in [-0.4, -0.2) is 17.0 Å². The van der Waals surface area contributed by atoms with Crippen molar-refractivity contribution in [1.29, 1.82) is 0 Å². The minimum Gasteiger partial charge on any atom is -0.409 e. The summed E-state index contributed by atoms with van der Waals surface area (Å²) in [7, 11) is 0. The molecule has 0 spiro atoms. The molecule has 1 aromatic rings.